The number of benzene rings is 2. The highest BCUT2D eigenvalue weighted by Crippen LogP contribution is 2.21. The molecule has 2 heterocycles. The minimum absolute atomic E-state index is 0.0409. The van der Waals surface area contributed by atoms with Gasteiger partial charge in [0.05, 0.1) is 6.04 Å². The molecule has 1 N–H and O–H groups in total. The lowest BCUT2D eigenvalue weighted by Crippen LogP contribution is -2.56. The van der Waals surface area contributed by atoms with Gasteiger partial charge in [-0.3, -0.25) is 0 Å². The van der Waals surface area contributed by atoms with Gasteiger partial charge in [-0.2, -0.15) is 0 Å². The second kappa shape index (κ2) is 7.92. The molecule has 0 bridgehead atoms. The molecule has 0 aliphatic carbocycles. The van der Waals surface area contributed by atoms with Gasteiger partial charge in [-0.15, -0.1) is 0 Å². The van der Waals surface area contributed by atoms with Crippen molar-refractivity contribution in [3.8, 4) is 11.1 Å². The average Bonchev–Trinajstić information content (AvgIpc) is 3.02. The molecule has 1 unspecified atom stereocenters. The number of carbonyl (C=O) groups is 2. The molecule has 0 aromatic heterocycles. The number of nitrogens with one attached hydrogen (secondary N) is 1. The van der Waals surface area contributed by atoms with Crippen LogP contribution in [-0.2, 0) is 6.42 Å². The zero-order chi connectivity index (χ0) is 19.5. The first-order chi connectivity index (χ1) is 13.6. The molecule has 6 heteroatoms. The molecular formula is C22H26N4O2. The Morgan fingerprint density at radius 3 is 2.64 bits per heavy atom. The van der Waals surface area contributed by atoms with E-state index in [1.807, 2.05) is 35.0 Å². The normalized spacial score (nSPS) is 19.0. The smallest absolute Gasteiger partial charge is 0.320 e. The maximum atomic E-state index is 12.5. The Hall–Kier alpha value is -3.02. The van der Waals surface area contributed by atoms with Crippen LogP contribution >= 0.6 is 0 Å². The number of urea groups is 2. The van der Waals surface area contributed by atoms with E-state index in [1.165, 1.54) is 16.7 Å². The number of piperazine rings is 1. The topological polar surface area (TPSA) is 55.9 Å². The Morgan fingerprint density at radius 1 is 1.04 bits per heavy atom. The molecule has 6 nitrogen and oxygen atoms in total. The van der Waals surface area contributed by atoms with Gasteiger partial charge in [0.1, 0.15) is 0 Å². The molecule has 4 amide bonds. The van der Waals surface area contributed by atoms with Gasteiger partial charge in [-0.05, 0) is 23.1 Å². The van der Waals surface area contributed by atoms with Crippen LogP contribution in [0.1, 0.15) is 5.56 Å². The quantitative estimate of drug-likeness (QED) is 0.889. The number of rotatable bonds is 4. The summed E-state index contributed by atoms with van der Waals surface area (Å²) in [6, 6.07) is 18.9. The molecule has 2 fully saturated rings. The van der Waals surface area contributed by atoms with Gasteiger partial charge in [-0.25, -0.2) is 9.59 Å². The van der Waals surface area contributed by atoms with Crippen LogP contribution in [-0.4, -0.2) is 72.6 Å². The average molecular weight is 378 g/mol. The molecule has 146 valence electrons. The summed E-state index contributed by atoms with van der Waals surface area (Å²) in [5.41, 5.74) is 3.59. The van der Waals surface area contributed by atoms with Gasteiger partial charge in [0, 0.05) is 39.8 Å². The maximum absolute atomic E-state index is 12.5. The second-order valence-electron chi connectivity index (χ2n) is 7.50. The number of likely N-dealkylation sites (N-methyl/N-ethyl adjacent to an activating group) is 1. The van der Waals surface area contributed by atoms with Crippen molar-refractivity contribution in [1.29, 1.82) is 0 Å². The Labute approximate surface area is 165 Å². The van der Waals surface area contributed by atoms with E-state index in [2.05, 4.69) is 41.7 Å². The summed E-state index contributed by atoms with van der Waals surface area (Å²) in [5, 5.41) is 3.03. The highest BCUT2D eigenvalue weighted by atomic mass is 16.2. The van der Waals surface area contributed by atoms with Crippen molar-refractivity contribution in [3.05, 3.63) is 60.2 Å². The van der Waals surface area contributed by atoms with Crippen LogP contribution in [0.5, 0.6) is 0 Å². The van der Waals surface area contributed by atoms with Crippen LogP contribution in [0, 0.1) is 0 Å². The summed E-state index contributed by atoms with van der Waals surface area (Å²) in [6.45, 7) is 3.09. The zero-order valence-corrected chi connectivity index (χ0v) is 16.2. The number of hydrogen-bond acceptors (Lipinski definition) is 2. The summed E-state index contributed by atoms with van der Waals surface area (Å²) in [4.78, 5) is 30.0. The lowest BCUT2D eigenvalue weighted by atomic mass is 10.0. The Balaban J connectivity index is 1.29. The fourth-order valence-electron chi connectivity index (χ4n) is 4.02. The van der Waals surface area contributed by atoms with Crippen molar-refractivity contribution < 1.29 is 9.59 Å². The van der Waals surface area contributed by atoms with E-state index < -0.39 is 0 Å². The van der Waals surface area contributed by atoms with E-state index in [0.717, 1.165) is 6.42 Å². The SMILES string of the molecule is CN1CC2CN(C(=O)NCCc3cccc(-c4ccccc4)c3)CCN2C1=O. The van der Waals surface area contributed by atoms with Crippen LogP contribution in [0.3, 0.4) is 0 Å². The minimum Gasteiger partial charge on any atom is -0.338 e. The third-order valence-corrected chi connectivity index (χ3v) is 5.55. The highest BCUT2D eigenvalue weighted by Gasteiger charge is 2.39. The molecule has 2 aromatic rings. The fraction of sp³-hybridized carbons (Fsp3) is 0.364. The number of hydrogen-bond donors (Lipinski definition) is 1. The van der Waals surface area contributed by atoms with E-state index >= 15 is 0 Å². The van der Waals surface area contributed by atoms with Crippen molar-refractivity contribution in [2.45, 2.75) is 12.5 Å². The lowest BCUT2D eigenvalue weighted by Gasteiger charge is -2.36. The van der Waals surface area contributed by atoms with Gasteiger partial charge in [0.2, 0.25) is 0 Å². The zero-order valence-electron chi connectivity index (χ0n) is 16.2. The third kappa shape index (κ3) is 3.81. The van der Waals surface area contributed by atoms with Crippen molar-refractivity contribution in [3.63, 3.8) is 0 Å². The molecule has 2 saturated heterocycles. The van der Waals surface area contributed by atoms with Gasteiger partial charge in [-0.1, -0.05) is 54.6 Å². The van der Waals surface area contributed by atoms with E-state index in [9.17, 15) is 9.59 Å². The van der Waals surface area contributed by atoms with Gasteiger partial charge in [0.15, 0.2) is 0 Å². The van der Waals surface area contributed by atoms with Crippen molar-refractivity contribution >= 4 is 12.1 Å². The third-order valence-electron chi connectivity index (χ3n) is 5.55. The van der Waals surface area contributed by atoms with Gasteiger partial charge >= 0.3 is 12.1 Å². The predicted molar refractivity (Wildman–Crippen MR) is 109 cm³/mol. The monoisotopic (exact) mass is 378 g/mol. The standard InChI is InChI=1S/C22H26N4O2/c1-24-15-20-16-25(12-13-26(20)22(24)28)21(27)23-11-10-17-6-5-9-19(14-17)18-7-3-2-4-8-18/h2-9,14,20H,10-13,15-16H2,1H3,(H,23,27). The first-order valence-corrected chi connectivity index (χ1v) is 9.81. The van der Waals surface area contributed by atoms with Gasteiger partial charge < -0.3 is 20.0 Å². The highest BCUT2D eigenvalue weighted by molar-refractivity contribution is 5.78. The van der Waals surface area contributed by atoms with Crippen LogP contribution in [0.15, 0.2) is 54.6 Å². The fourth-order valence-corrected chi connectivity index (χ4v) is 4.02. The summed E-state index contributed by atoms with van der Waals surface area (Å²) in [6.07, 6.45) is 0.789. The van der Waals surface area contributed by atoms with Crippen LogP contribution in [0.25, 0.3) is 11.1 Å². The van der Waals surface area contributed by atoms with Crippen LogP contribution in [0.4, 0.5) is 9.59 Å². The Kier molecular flexibility index (Phi) is 5.19. The molecule has 0 radical (unpaired) electrons. The molecule has 0 spiro atoms. The predicted octanol–water partition coefficient (Wildman–Crippen LogP) is 2.66. The van der Waals surface area contributed by atoms with Gasteiger partial charge in [0.25, 0.3) is 0 Å². The summed E-state index contributed by atoms with van der Waals surface area (Å²) < 4.78 is 0. The maximum Gasteiger partial charge on any atom is 0.320 e. The van der Waals surface area contributed by atoms with Crippen LogP contribution in [0.2, 0.25) is 0 Å². The minimum atomic E-state index is -0.0409. The lowest BCUT2D eigenvalue weighted by molar-refractivity contribution is 0.129. The summed E-state index contributed by atoms with van der Waals surface area (Å²) in [5.74, 6) is 0. The Morgan fingerprint density at radius 2 is 1.82 bits per heavy atom. The van der Waals surface area contributed by atoms with Crippen molar-refractivity contribution in [2.75, 3.05) is 39.8 Å². The van der Waals surface area contributed by atoms with E-state index in [1.54, 1.807) is 4.90 Å². The van der Waals surface area contributed by atoms with Crippen molar-refractivity contribution in [2.24, 2.45) is 0 Å². The molecular weight excluding hydrogens is 352 g/mol. The molecule has 2 aromatic carbocycles. The number of carbonyl (C=O) groups excluding carboxylic acids is 2. The first kappa shape index (κ1) is 18.3. The Bertz CT molecular complexity index is 855. The molecule has 28 heavy (non-hydrogen) atoms. The molecule has 2 aliphatic rings. The summed E-state index contributed by atoms with van der Waals surface area (Å²) in [7, 11) is 1.81. The molecule has 2 aliphatic heterocycles. The van der Waals surface area contributed by atoms with E-state index in [-0.39, 0.29) is 18.1 Å². The number of fused-ring (bicyclic) bond motifs is 1. The molecule has 1 atom stereocenters. The largest absolute Gasteiger partial charge is 0.338 e. The van der Waals surface area contributed by atoms with E-state index in [0.29, 0.717) is 32.7 Å². The van der Waals surface area contributed by atoms with Crippen LogP contribution < -0.4 is 5.32 Å². The van der Waals surface area contributed by atoms with E-state index in [4.69, 9.17) is 0 Å². The molecule has 0 saturated carbocycles. The number of nitrogens with zero attached hydrogens (tertiary/aromatic N) is 3. The molecule has 4 rings (SSSR count). The second-order valence-corrected chi connectivity index (χ2v) is 7.50. The first-order valence-electron chi connectivity index (χ1n) is 9.81. The van der Waals surface area contributed by atoms with Crippen molar-refractivity contribution in [1.82, 2.24) is 20.0 Å². The summed E-state index contributed by atoms with van der Waals surface area (Å²) >= 11 is 0. The number of amides is 4.